The van der Waals surface area contributed by atoms with Crippen LogP contribution in [0.1, 0.15) is 10.4 Å². The average molecular weight is 409 g/mol. The van der Waals surface area contributed by atoms with Crippen molar-refractivity contribution < 1.29 is 27.8 Å². The van der Waals surface area contributed by atoms with E-state index in [1.807, 2.05) is 17.0 Å². The molecule has 3 aliphatic heterocycles. The lowest BCUT2D eigenvalue weighted by Gasteiger charge is -2.31. The third kappa shape index (κ3) is 3.26. The Labute approximate surface area is 168 Å². The molecule has 0 aromatic heterocycles. The van der Waals surface area contributed by atoms with Gasteiger partial charge in [0, 0.05) is 32.4 Å². The molecule has 0 unspecified atom stereocenters. The lowest BCUT2D eigenvalue weighted by molar-refractivity contribution is -0.139. The fourth-order valence-electron chi connectivity index (χ4n) is 4.38. The van der Waals surface area contributed by atoms with Crippen LogP contribution in [0.25, 0.3) is 0 Å². The molecule has 3 saturated heterocycles. The topological polar surface area (TPSA) is 62.3 Å². The number of methoxy groups -OCH3 is 1. The van der Waals surface area contributed by atoms with Crippen molar-refractivity contribution in [3.8, 4) is 0 Å². The summed E-state index contributed by atoms with van der Waals surface area (Å²) in [7, 11) is 1.46. The predicted octanol–water partition coefficient (Wildman–Crippen LogP) is 0.884. The second-order valence-electron chi connectivity index (χ2n) is 7.76. The Kier molecular flexibility index (Phi) is 5.20. The van der Waals surface area contributed by atoms with E-state index >= 15 is 8.78 Å². The van der Waals surface area contributed by atoms with E-state index in [0.29, 0.717) is 37.6 Å². The number of carbonyl (C=O) groups excluding carboxylic acids is 2. The van der Waals surface area contributed by atoms with Gasteiger partial charge in [-0.1, -0.05) is 12.1 Å². The Bertz CT molecular complexity index is 804. The van der Waals surface area contributed by atoms with Crippen LogP contribution in [0.2, 0.25) is 0 Å². The molecule has 3 heterocycles. The molecule has 0 saturated carbocycles. The first-order valence-corrected chi connectivity index (χ1v) is 9.77. The van der Waals surface area contributed by atoms with Crippen molar-refractivity contribution in [2.75, 3.05) is 71.1 Å². The summed E-state index contributed by atoms with van der Waals surface area (Å²) in [6, 6.07) is 7.03. The molecule has 0 radical (unpaired) electrons. The average Bonchev–Trinajstić information content (AvgIpc) is 3.11. The molecule has 3 aliphatic rings. The maximum atomic E-state index is 15.5. The summed E-state index contributed by atoms with van der Waals surface area (Å²) in [4.78, 5) is 30.0. The Balaban J connectivity index is 1.55. The molecular weight excluding hydrogens is 384 g/mol. The number of hydrogen-bond acceptors (Lipinski definition) is 5. The van der Waals surface area contributed by atoms with Gasteiger partial charge in [0.15, 0.2) is 5.67 Å². The van der Waals surface area contributed by atoms with Gasteiger partial charge in [0.1, 0.15) is 0 Å². The van der Waals surface area contributed by atoms with Crippen molar-refractivity contribution in [1.82, 2.24) is 9.80 Å². The molecule has 0 N–H and O–H groups in total. The highest BCUT2D eigenvalue weighted by atomic mass is 19.2. The van der Waals surface area contributed by atoms with E-state index < -0.39 is 36.2 Å². The van der Waals surface area contributed by atoms with Crippen LogP contribution in [0.15, 0.2) is 24.3 Å². The highest BCUT2D eigenvalue weighted by molar-refractivity contribution is 6.01. The number of likely N-dealkylation sites (tertiary alicyclic amines) is 2. The van der Waals surface area contributed by atoms with Crippen molar-refractivity contribution >= 4 is 17.5 Å². The first-order chi connectivity index (χ1) is 13.9. The van der Waals surface area contributed by atoms with Crippen LogP contribution in [-0.2, 0) is 14.3 Å². The maximum absolute atomic E-state index is 15.5. The van der Waals surface area contributed by atoms with Crippen LogP contribution < -0.4 is 4.90 Å². The number of hydrogen-bond donors (Lipinski definition) is 0. The fourth-order valence-corrected chi connectivity index (χ4v) is 4.38. The van der Waals surface area contributed by atoms with Crippen LogP contribution in [0.4, 0.5) is 14.5 Å². The number of morpholine rings is 1. The second-order valence-corrected chi connectivity index (χ2v) is 7.76. The van der Waals surface area contributed by atoms with Crippen molar-refractivity contribution in [1.29, 1.82) is 0 Å². The number of ether oxygens (including phenoxy) is 2. The van der Waals surface area contributed by atoms with Crippen LogP contribution >= 0.6 is 0 Å². The van der Waals surface area contributed by atoms with E-state index in [2.05, 4.69) is 0 Å². The first kappa shape index (κ1) is 20.0. The Hall–Kier alpha value is -2.26. The summed E-state index contributed by atoms with van der Waals surface area (Å²) in [5, 5.41) is 0. The number of halogens is 2. The normalized spacial score (nSPS) is 29.5. The van der Waals surface area contributed by atoms with Gasteiger partial charge in [0.25, 0.3) is 11.8 Å². The number of carbonyl (C=O) groups is 2. The van der Waals surface area contributed by atoms with Crippen molar-refractivity contribution in [3.05, 3.63) is 29.8 Å². The van der Waals surface area contributed by atoms with Crippen molar-refractivity contribution in [2.24, 2.45) is 0 Å². The molecule has 29 heavy (non-hydrogen) atoms. The monoisotopic (exact) mass is 409 g/mol. The number of nitrogens with zero attached hydrogens (tertiary/aromatic N) is 3. The molecular formula is C20H25F2N3O4. The fraction of sp³-hybridized carbons (Fsp3) is 0.600. The maximum Gasteiger partial charge on any atom is 0.265 e. The number of anilines is 1. The van der Waals surface area contributed by atoms with Crippen LogP contribution in [0.5, 0.6) is 0 Å². The van der Waals surface area contributed by atoms with Crippen molar-refractivity contribution in [3.63, 3.8) is 0 Å². The number of para-hydroxylation sites is 1. The van der Waals surface area contributed by atoms with E-state index in [1.165, 1.54) is 7.11 Å². The molecule has 0 spiro atoms. The van der Waals surface area contributed by atoms with E-state index in [4.69, 9.17) is 9.47 Å². The highest BCUT2D eigenvalue weighted by Gasteiger charge is 2.71. The molecule has 3 fully saturated rings. The Morgan fingerprint density at radius 1 is 1.17 bits per heavy atom. The summed E-state index contributed by atoms with van der Waals surface area (Å²) >= 11 is 0. The van der Waals surface area contributed by atoms with Gasteiger partial charge < -0.3 is 24.2 Å². The van der Waals surface area contributed by atoms with Gasteiger partial charge in [-0.3, -0.25) is 9.59 Å². The Morgan fingerprint density at radius 3 is 2.59 bits per heavy atom. The number of amides is 2. The standard InChI is InChI=1S/C20H25F2N3O4/c1-28-9-6-24-12-19(21)13-25(14-20(19,22)18(24)27)17(26)15-4-2-3-5-16(15)23-7-10-29-11-8-23/h2-5H,6-14H2,1H3/t19-,20-/m1/s1. The summed E-state index contributed by atoms with van der Waals surface area (Å²) in [6.07, 6.45) is 0. The lowest BCUT2D eigenvalue weighted by Crippen LogP contribution is -2.47. The molecule has 0 bridgehead atoms. The summed E-state index contributed by atoms with van der Waals surface area (Å²) in [5.74, 6) is -1.37. The van der Waals surface area contributed by atoms with E-state index in [1.54, 1.807) is 12.1 Å². The van der Waals surface area contributed by atoms with Crippen LogP contribution in [0, 0.1) is 0 Å². The predicted molar refractivity (Wildman–Crippen MR) is 102 cm³/mol. The molecule has 1 aromatic rings. The quantitative estimate of drug-likeness (QED) is 0.723. The van der Waals surface area contributed by atoms with Crippen molar-refractivity contribution in [2.45, 2.75) is 11.3 Å². The third-order valence-electron chi connectivity index (χ3n) is 5.97. The minimum Gasteiger partial charge on any atom is -0.383 e. The second kappa shape index (κ2) is 7.53. The molecule has 9 heteroatoms. The lowest BCUT2D eigenvalue weighted by atomic mass is 9.93. The van der Waals surface area contributed by atoms with Gasteiger partial charge in [-0.15, -0.1) is 0 Å². The van der Waals surface area contributed by atoms with Gasteiger partial charge in [-0.05, 0) is 12.1 Å². The number of benzene rings is 1. The summed E-state index contributed by atoms with van der Waals surface area (Å²) in [6.45, 7) is 1.30. The third-order valence-corrected chi connectivity index (χ3v) is 5.97. The molecule has 7 nitrogen and oxygen atoms in total. The summed E-state index contributed by atoms with van der Waals surface area (Å²) in [5.41, 5.74) is -4.04. The highest BCUT2D eigenvalue weighted by Crippen LogP contribution is 2.46. The Morgan fingerprint density at radius 2 is 1.90 bits per heavy atom. The molecule has 2 amide bonds. The molecule has 0 aliphatic carbocycles. The first-order valence-electron chi connectivity index (χ1n) is 9.77. The van der Waals surface area contributed by atoms with Gasteiger partial charge in [0.05, 0.1) is 45.0 Å². The smallest absolute Gasteiger partial charge is 0.265 e. The van der Waals surface area contributed by atoms with Gasteiger partial charge in [0.2, 0.25) is 5.67 Å². The largest absolute Gasteiger partial charge is 0.383 e. The molecule has 1 aromatic carbocycles. The van der Waals surface area contributed by atoms with Gasteiger partial charge in [-0.25, -0.2) is 8.78 Å². The number of rotatable bonds is 5. The van der Waals surface area contributed by atoms with Gasteiger partial charge in [-0.2, -0.15) is 0 Å². The van der Waals surface area contributed by atoms with E-state index in [9.17, 15) is 9.59 Å². The van der Waals surface area contributed by atoms with E-state index in [0.717, 1.165) is 9.80 Å². The number of fused-ring (bicyclic) bond motifs is 1. The summed E-state index contributed by atoms with van der Waals surface area (Å²) < 4.78 is 41.3. The SMILES string of the molecule is COCCN1C[C@@]2(F)CN(C(=O)c3ccccc3N3CCOCC3)C[C@@]2(F)C1=O. The zero-order valence-corrected chi connectivity index (χ0v) is 16.4. The number of alkyl halides is 2. The van der Waals surface area contributed by atoms with Crippen LogP contribution in [0.3, 0.4) is 0 Å². The van der Waals surface area contributed by atoms with E-state index in [-0.39, 0.29) is 19.7 Å². The van der Waals surface area contributed by atoms with Crippen LogP contribution in [-0.4, -0.2) is 99.2 Å². The molecule has 2 atom stereocenters. The van der Waals surface area contributed by atoms with Gasteiger partial charge >= 0.3 is 0 Å². The minimum absolute atomic E-state index is 0.125. The molecule has 4 rings (SSSR count). The zero-order chi connectivity index (χ0) is 20.6. The zero-order valence-electron chi connectivity index (χ0n) is 16.4. The molecule has 158 valence electrons. The minimum atomic E-state index is -2.72.